The van der Waals surface area contributed by atoms with Crippen molar-refractivity contribution in [2.75, 3.05) is 13.7 Å². The predicted molar refractivity (Wildman–Crippen MR) is 132 cm³/mol. The number of benzene rings is 1. The van der Waals surface area contributed by atoms with Crippen molar-refractivity contribution in [1.29, 1.82) is 0 Å². The van der Waals surface area contributed by atoms with E-state index in [-0.39, 0.29) is 23.5 Å². The van der Waals surface area contributed by atoms with Gasteiger partial charge in [-0.15, -0.1) is 0 Å². The summed E-state index contributed by atoms with van der Waals surface area (Å²) in [6.07, 6.45) is -0.654. The molecule has 1 amide bonds. The fraction of sp³-hybridized carbons (Fsp3) is 0.600. The first-order chi connectivity index (χ1) is 16.2. The van der Waals surface area contributed by atoms with Gasteiger partial charge in [0.1, 0.15) is 29.1 Å². The molecule has 9 nitrogen and oxygen atoms in total. The average molecular weight is 508 g/mol. The third-order valence-corrected chi connectivity index (χ3v) is 5.65. The zero-order valence-corrected chi connectivity index (χ0v) is 22.3. The van der Waals surface area contributed by atoms with Crippen LogP contribution in [0.15, 0.2) is 18.2 Å². The number of ether oxygens (including phenoxy) is 4. The van der Waals surface area contributed by atoms with Gasteiger partial charge in [-0.2, -0.15) is 0 Å². The lowest BCUT2D eigenvalue weighted by Crippen LogP contribution is -2.47. The molecular formula is C25H34ClN3O6. The van der Waals surface area contributed by atoms with Crippen molar-refractivity contribution in [3.05, 3.63) is 23.4 Å². The Kier molecular flexibility index (Phi) is 7.69. The standard InChI is InChI=1S/C25H34ClN3O6/c1-9-15-18(33-21-20(26)27-16-11-10-14(32-8)12-17(16)28-21)13-29(23(31)35-25(5,6)7)19(15)22(30)34-24(2,3)4/h10-12,15,18-19H,9,13H2,1-8H3/t15-,18+,19+/m1/s1. The Labute approximate surface area is 211 Å². The van der Waals surface area contributed by atoms with E-state index in [2.05, 4.69) is 9.97 Å². The van der Waals surface area contributed by atoms with Crippen molar-refractivity contribution in [2.24, 2.45) is 5.92 Å². The molecule has 10 heteroatoms. The third kappa shape index (κ3) is 6.45. The Morgan fingerprint density at radius 3 is 2.29 bits per heavy atom. The van der Waals surface area contributed by atoms with Gasteiger partial charge in [0.15, 0.2) is 5.15 Å². The minimum absolute atomic E-state index is 0.0852. The molecule has 0 spiro atoms. The summed E-state index contributed by atoms with van der Waals surface area (Å²) < 4.78 is 22.7. The van der Waals surface area contributed by atoms with E-state index in [1.54, 1.807) is 66.9 Å². The van der Waals surface area contributed by atoms with Crippen molar-refractivity contribution in [1.82, 2.24) is 14.9 Å². The molecule has 0 aliphatic carbocycles. The normalized spacial score (nSPS) is 20.6. The summed E-state index contributed by atoms with van der Waals surface area (Å²) >= 11 is 6.39. The highest BCUT2D eigenvalue weighted by molar-refractivity contribution is 6.31. The molecule has 1 saturated heterocycles. The number of carbonyl (C=O) groups excluding carboxylic acids is 2. The number of methoxy groups -OCH3 is 1. The number of aromatic nitrogens is 2. The van der Waals surface area contributed by atoms with Crippen LogP contribution in [-0.2, 0) is 14.3 Å². The Hall–Kier alpha value is -2.81. The van der Waals surface area contributed by atoms with Gasteiger partial charge in [-0.05, 0) is 60.1 Å². The van der Waals surface area contributed by atoms with Crippen LogP contribution in [0.25, 0.3) is 11.0 Å². The Morgan fingerprint density at radius 1 is 1.06 bits per heavy atom. The lowest BCUT2D eigenvalue weighted by molar-refractivity contribution is -0.161. The van der Waals surface area contributed by atoms with Crippen molar-refractivity contribution in [3.63, 3.8) is 0 Å². The second kappa shape index (κ2) is 10.0. The molecule has 3 rings (SSSR count). The van der Waals surface area contributed by atoms with E-state index in [0.717, 1.165) is 0 Å². The van der Waals surface area contributed by atoms with E-state index < -0.39 is 35.4 Å². The molecule has 1 aromatic heterocycles. The third-order valence-electron chi connectivity index (χ3n) is 5.41. The van der Waals surface area contributed by atoms with Gasteiger partial charge in [0.2, 0.25) is 0 Å². The number of likely N-dealkylation sites (tertiary alicyclic amines) is 1. The summed E-state index contributed by atoms with van der Waals surface area (Å²) in [5.74, 6) is -0.156. The van der Waals surface area contributed by atoms with Crippen LogP contribution in [0.5, 0.6) is 11.6 Å². The maximum absolute atomic E-state index is 13.2. The second-order valence-electron chi connectivity index (χ2n) is 10.5. The summed E-state index contributed by atoms with van der Waals surface area (Å²) in [5.41, 5.74) is -0.325. The van der Waals surface area contributed by atoms with E-state index >= 15 is 0 Å². The minimum Gasteiger partial charge on any atom is -0.497 e. The fourth-order valence-electron chi connectivity index (χ4n) is 4.00. The molecule has 1 aromatic carbocycles. The summed E-state index contributed by atoms with van der Waals surface area (Å²) in [7, 11) is 1.56. The van der Waals surface area contributed by atoms with E-state index in [1.807, 2.05) is 6.92 Å². The molecule has 35 heavy (non-hydrogen) atoms. The van der Waals surface area contributed by atoms with Gasteiger partial charge >= 0.3 is 12.1 Å². The maximum atomic E-state index is 13.2. The molecule has 1 aliphatic heterocycles. The lowest BCUT2D eigenvalue weighted by Gasteiger charge is -2.31. The van der Waals surface area contributed by atoms with Gasteiger partial charge < -0.3 is 18.9 Å². The summed E-state index contributed by atoms with van der Waals surface area (Å²) in [6.45, 7) is 12.7. The molecule has 0 radical (unpaired) electrons. The lowest BCUT2D eigenvalue weighted by atomic mass is 9.95. The van der Waals surface area contributed by atoms with Gasteiger partial charge in [0, 0.05) is 12.0 Å². The van der Waals surface area contributed by atoms with Crippen LogP contribution in [0.3, 0.4) is 0 Å². The molecule has 192 valence electrons. The van der Waals surface area contributed by atoms with Crippen LogP contribution >= 0.6 is 11.6 Å². The molecule has 0 bridgehead atoms. The highest BCUT2D eigenvalue weighted by atomic mass is 35.5. The molecule has 0 saturated carbocycles. The van der Waals surface area contributed by atoms with E-state index in [1.165, 1.54) is 4.90 Å². The van der Waals surface area contributed by atoms with Gasteiger partial charge in [-0.3, -0.25) is 4.90 Å². The smallest absolute Gasteiger partial charge is 0.411 e. The zero-order valence-electron chi connectivity index (χ0n) is 21.5. The number of carbonyl (C=O) groups is 2. The first kappa shape index (κ1) is 26.8. The van der Waals surface area contributed by atoms with Crippen molar-refractivity contribution < 1.29 is 28.5 Å². The molecule has 0 unspecified atom stereocenters. The maximum Gasteiger partial charge on any atom is 0.411 e. The first-order valence-corrected chi connectivity index (χ1v) is 12.0. The number of nitrogens with zero attached hydrogens (tertiary/aromatic N) is 3. The highest BCUT2D eigenvalue weighted by Crippen LogP contribution is 2.35. The quantitative estimate of drug-likeness (QED) is 0.519. The predicted octanol–water partition coefficient (Wildman–Crippen LogP) is 5.03. The topological polar surface area (TPSA) is 100 Å². The van der Waals surface area contributed by atoms with Crippen LogP contribution in [0.4, 0.5) is 4.79 Å². The van der Waals surface area contributed by atoms with E-state index in [9.17, 15) is 9.59 Å². The number of halogens is 1. The zero-order chi connectivity index (χ0) is 26.1. The number of esters is 1. The van der Waals surface area contributed by atoms with Crippen LogP contribution in [0.2, 0.25) is 5.15 Å². The van der Waals surface area contributed by atoms with E-state index in [4.69, 9.17) is 30.5 Å². The van der Waals surface area contributed by atoms with Crippen molar-refractivity contribution in [3.8, 4) is 11.6 Å². The van der Waals surface area contributed by atoms with Crippen LogP contribution in [-0.4, -0.2) is 63.9 Å². The van der Waals surface area contributed by atoms with Crippen LogP contribution in [0, 0.1) is 5.92 Å². The summed E-state index contributed by atoms with van der Waals surface area (Å²) in [4.78, 5) is 36.6. The number of rotatable bonds is 5. The van der Waals surface area contributed by atoms with Crippen LogP contribution < -0.4 is 9.47 Å². The van der Waals surface area contributed by atoms with Crippen molar-refractivity contribution in [2.45, 2.75) is 78.2 Å². The Bertz CT molecular complexity index is 1100. The molecule has 2 heterocycles. The number of hydrogen-bond acceptors (Lipinski definition) is 8. The molecule has 0 N–H and O–H groups in total. The Morgan fingerprint density at radius 2 is 1.71 bits per heavy atom. The number of fused-ring (bicyclic) bond motifs is 1. The molecule has 2 aromatic rings. The monoisotopic (exact) mass is 507 g/mol. The summed E-state index contributed by atoms with van der Waals surface area (Å²) in [6, 6.07) is 4.37. The second-order valence-corrected chi connectivity index (χ2v) is 10.9. The number of hydrogen-bond donors (Lipinski definition) is 0. The van der Waals surface area contributed by atoms with Gasteiger partial charge in [-0.1, -0.05) is 18.5 Å². The van der Waals surface area contributed by atoms with Gasteiger partial charge in [0.25, 0.3) is 5.88 Å². The molecular weight excluding hydrogens is 474 g/mol. The van der Waals surface area contributed by atoms with Crippen LogP contribution in [0.1, 0.15) is 54.9 Å². The first-order valence-electron chi connectivity index (χ1n) is 11.6. The largest absolute Gasteiger partial charge is 0.497 e. The summed E-state index contributed by atoms with van der Waals surface area (Å²) in [5, 5.41) is 0.0852. The minimum atomic E-state index is -0.883. The average Bonchev–Trinajstić information content (AvgIpc) is 3.10. The SMILES string of the molecule is CC[C@@H]1[C@@H](Oc2nc3cc(OC)ccc3nc2Cl)CN(C(=O)OC(C)(C)C)[C@@H]1C(=O)OC(C)(C)C. The number of amides is 1. The molecule has 1 aliphatic rings. The van der Waals surface area contributed by atoms with Gasteiger partial charge in [0.05, 0.1) is 24.7 Å². The molecule has 1 fully saturated rings. The molecule has 3 atom stereocenters. The fourth-order valence-corrected chi connectivity index (χ4v) is 4.18. The van der Waals surface area contributed by atoms with Crippen molar-refractivity contribution >= 4 is 34.7 Å². The van der Waals surface area contributed by atoms with E-state index in [0.29, 0.717) is 23.2 Å². The highest BCUT2D eigenvalue weighted by Gasteiger charge is 2.51. The Balaban J connectivity index is 1.96. The van der Waals surface area contributed by atoms with Gasteiger partial charge in [-0.25, -0.2) is 19.6 Å².